The van der Waals surface area contributed by atoms with Crippen molar-refractivity contribution in [2.75, 3.05) is 34.2 Å². The Labute approximate surface area is 228 Å². The molecule has 1 aliphatic rings. The lowest BCUT2D eigenvalue weighted by Gasteiger charge is -2.29. The minimum atomic E-state index is -0.206. The van der Waals surface area contributed by atoms with Gasteiger partial charge in [-0.25, -0.2) is 0 Å². The number of ether oxygens (including phenoxy) is 6. The van der Waals surface area contributed by atoms with Crippen molar-refractivity contribution in [3.63, 3.8) is 0 Å². The van der Waals surface area contributed by atoms with Gasteiger partial charge in [-0.3, -0.25) is 0 Å². The molecule has 0 saturated heterocycles. The molecule has 6 heteroatoms. The summed E-state index contributed by atoms with van der Waals surface area (Å²) in [6, 6.07) is 18.2. The van der Waals surface area contributed by atoms with Gasteiger partial charge in [0.15, 0.2) is 0 Å². The maximum atomic E-state index is 6.73. The van der Waals surface area contributed by atoms with Gasteiger partial charge in [-0.05, 0) is 55.4 Å². The van der Waals surface area contributed by atoms with Crippen LogP contribution in [0.2, 0.25) is 0 Å². The first-order valence-corrected chi connectivity index (χ1v) is 13.5. The first-order chi connectivity index (χ1) is 18.6. The predicted molar refractivity (Wildman–Crippen MR) is 150 cm³/mol. The Morgan fingerprint density at radius 1 is 0.974 bits per heavy atom. The second-order valence-electron chi connectivity index (χ2n) is 9.89. The van der Waals surface area contributed by atoms with E-state index < -0.39 is 0 Å². The zero-order valence-corrected chi connectivity index (χ0v) is 23.3. The van der Waals surface area contributed by atoms with Crippen LogP contribution < -0.4 is 4.74 Å². The Bertz CT molecular complexity index is 956. The van der Waals surface area contributed by atoms with Crippen LogP contribution in [0.15, 0.2) is 78.4 Å². The van der Waals surface area contributed by atoms with Crippen molar-refractivity contribution in [2.45, 2.75) is 64.6 Å². The van der Waals surface area contributed by atoms with E-state index in [0.29, 0.717) is 26.4 Å². The molecule has 6 nitrogen and oxygen atoms in total. The zero-order valence-electron chi connectivity index (χ0n) is 23.3. The summed E-state index contributed by atoms with van der Waals surface area (Å²) in [5, 5.41) is 0. The molecule has 0 N–H and O–H groups in total. The molecule has 208 valence electrons. The Kier molecular flexibility index (Phi) is 13.6. The summed E-state index contributed by atoms with van der Waals surface area (Å²) in [5.74, 6) is 1.06. The van der Waals surface area contributed by atoms with Gasteiger partial charge in [-0.2, -0.15) is 0 Å². The number of hydrogen-bond donors (Lipinski definition) is 0. The topological polar surface area (TPSA) is 55.4 Å². The van der Waals surface area contributed by atoms with Crippen LogP contribution in [0.1, 0.15) is 44.2 Å². The highest BCUT2D eigenvalue weighted by molar-refractivity contribution is 5.26. The molecule has 0 fully saturated rings. The molecule has 1 heterocycles. The van der Waals surface area contributed by atoms with Crippen molar-refractivity contribution in [1.29, 1.82) is 0 Å². The van der Waals surface area contributed by atoms with Crippen LogP contribution in [-0.2, 0) is 36.9 Å². The van der Waals surface area contributed by atoms with Crippen molar-refractivity contribution in [1.82, 2.24) is 0 Å². The zero-order chi connectivity index (χ0) is 27.0. The molecule has 1 aliphatic heterocycles. The van der Waals surface area contributed by atoms with E-state index >= 15 is 0 Å². The first-order valence-electron chi connectivity index (χ1n) is 13.5. The van der Waals surface area contributed by atoms with Crippen LogP contribution >= 0.6 is 0 Å². The highest BCUT2D eigenvalue weighted by atomic mass is 16.7. The molecule has 3 rings (SSSR count). The minimum absolute atomic E-state index is 0.0742. The van der Waals surface area contributed by atoms with Gasteiger partial charge in [0.2, 0.25) is 0 Å². The third-order valence-corrected chi connectivity index (χ3v) is 6.46. The Morgan fingerprint density at radius 3 is 2.47 bits per heavy atom. The van der Waals surface area contributed by atoms with Crippen molar-refractivity contribution >= 4 is 0 Å². The van der Waals surface area contributed by atoms with Crippen molar-refractivity contribution in [3.05, 3.63) is 89.5 Å². The second kappa shape index (κ2) is 17.2. The fourth-order valence-corrected chi connectivity index (χ4v) is 4.38. The lowest BCUT2D eigenvalue weighted by Crippen LogP contribution is -2.35. The van der Waals surface area contributed by atoms with E-state index in [1.165, 1.54) is 5.57 Å². The van der Waals surface area contributed by atoms with E-state index in [1.807, 2.05) is 42.5 Å². The number of rotatable bonds is 14. The second-order valence-corrected chi connectivity index (χ2v) is 9.89. The van der Waals surface area contributed by atoms with Crippen LogP contribution in [0, 0.1) is 5.92 Å². The first kappa shape index (κ1) is 30.1. The summed E-state index contributed by atoms with van der Waals surface area (Å²) in [4.78, 5) is 0. The number of allylic oxidation sites excluding steroid dienone is 1. The van der Waals surface area contributed by atoms with Crippen molar-refractivity contribution < 1.29 is 28.4 Å². The third-order valence-electron chi connectivity index (χ3n) is 6.46. The lowest BCUT2D eigenvalue weighted by atomic mass is 10.0. The van der Waals surface area contributed by atoms with E-state index in [1.54, 1.807) is 14.2 Å². The molecule has 2 aromatic rings. The predicted octanol–water partition coefficient (Wildman–Crippen LogP) is 6.49. The van der Waals surface area contributed by atoms with Gasteiger partial charge in [0.25, 0.3) is 0 Å². The molecule has 0 aliphatic carbocycles. The molecular weight excluding hydrogens is 480 g/mol. The molecule has 4 atom stereocenters. The summed E-state index contributed by atoms with van der Waals surface area (Å²) in [7, 11) is 3.31. The lowest BCUT2D eigenvalue weighted by molar-refractivity contribution is -0.107. The van der Waals surface area contributed by atoms with E-state index in [2.05, 4.69) is 44.2 Å². The average molecular weight is 525 g/mol. The monoisotopic (exact) mass is 524 g/mol. The summed E-state index contributed by atoms with van der Waals surface area (Å²) in [6.45, 7) is 6.76. The van der Waals surface area contributed by atoms with E-state index in [-0.39, 0.29) is 31.0 Å². The third kappa shape index (κ3) is 11.1. The molecule has 0 spiro atoms. The molecule has 0 saturated carbocycles. The Hall–Kier alpha value is -2.48. The van der Waals surface area contributed by atoms with Gasteiger partial charge in [-0.15, -0.1) is 0 Å². The van der Waals surface area contributed by atoms with Gasteiger partial charge >= 0.3 is 0 Å². The molecule has 0 bridgehead atoms. The smallest absolute Gasteiger partial charge is 0.146 e. The van der Waals surface area contributed by atoms with Crippen molar-refractivity contribution in [3.8, 4) is 5.75 Å². The van der Waals surface area contributed by atoms with Gasteiger partial charge < -0.3 is 28.4 Å². The van der Waals surface area contributed by atoms with Gasteiger partial charge in [0.05, 0.1) is 45.7 Å². The Balaban J connectivity index is 1.70. The fourth-order valence-electron chi connectivity index (χ4n) is 4.38. The van der Waals surface area contributed by atoms with Gasteiger partial charge in [0.1, 0.15) is 18.6 Å². The quantitative estimate of drug-likeness (QED) is 0.160. The highest BCUT2D eigenvalue weighted by Gasteiger charge is 2.26. The fraction of sp³-hybridized carbons (Fsp3) is 0.500. The maximum absolute atomic E-state index is 6.73. The largest absolute Gasteiger partial charge is 0.497 e. The van der Waals surface area contributed by atoms with E-state index in [4.69, 9.17) is 28.4 Å². The van der Waals surface area contributed by atoms with Crippen LogP contribution in [0.3, 0.4) is 0 Å². The molecule has 0 aromatic heterocycles. The maximum Gasteiger partial charge on any atom is 0.146 e. The average Bonchev–Trinajstić information content (AvgIpc) is 3.00. The van der Waals surface area contributed by atoms with E-state index in [0.717, 1.165) is 36.1 Å². The van der Waals surface area contributed by atoms with Crippen LogP contribution in [0.5, 0.6) is 5.75 Å². The summed E-state index contributed by atoms with van der Waals surface area (Å²) < 4.78 is 35.2. The van der Waals surface area contributed by atoms with Gasteiger partial charge in [-0.1, -0.05) is 73.2 Å². The molecule has 0 unspecified atom stereocenters. The highest BCUT2D eigenvalue weighted by Crippen LogP contribution is 2.24. The molecule has 0 radical (unpaired) electrons. The molecular formula is C32H44O6. The molecule has 2 aromatic carbocycles. The Morgan fingerprint density at radius 2 is 1.74 bits per heavy atom. The van der Waals surface area contributed by atoms with Crippen LogP contribution in [0.4, 0.5) is 0 Å². The minimum Gasteiger partial charge on any atom is -0.497 e. The summed E-state index contributed by atoms with van der Waals surface area (Å²) >= 11 is 0. The van der Waals surface area contributed by atoms with E-state index in [9.17, 15) is 0 Å². The number of benzene rings is 2. The van der Waals surface area contributed by atoms with Crippen LogP contribution in [0.25, 0.3) is 0 Å². The van der Waals surface area contributed by atoms with Crippen LogP contribution in [-0.4, -0.2) is 52.5 Å². The summed E-state index contributed by atoms with van der Waals surface area (Å²) in [6.07, 6.45) is 8.87. The summed E-state index contributed by atoms with van der Waals surface area (Å²) in [5.41, 5.74) is 3.58. The molecule has 0 amide bonds. The number of hydrogen-bond acceptors (Lipinski definition) is 6. The standard InChI is InChI=1S/C32H44O6/c1-25-9-8-12-31(37-22-28-14-16-29(34-4)17-15-28)32(18-13-26(2)20-36-24-33-3)38-30(19-25)23-35-21-27-10-6-5-7-11-27/h5-7,9-11,13-18,26,30-32H,8,12,19-24H2,1-4H3/b18-13+,25-9-/t26-,30+,31+,32+/m0/s1. The molecule has 38 heavy (non-hydrogen) atoms. The van der Waals surface area contributed by atoms with Crippen molar-refractivity contribution in [2.24, 2.45) is 5.92 Å². The normalized spacial score (nSPS) is 22.7. The number of methoxy groups -OCH3 is 2. The van der Waals surface area contributed by atoms with Gasteiger partial charge in [0, 0.05) is 7.11 Å². The SMILES string of the molecule is COCOC[C@@H](C)/C=C/[C@H]1O[C@@H](COCc2ccccc2)C/C(C)=C\CC[C@H]1OCc1ccc(OC)cc1.